The van der Waals surface area contributed by atoms with E-state index >= 15 is 0 Å². The summed E-state index contributed by atoms with van der Waals surface area (Å²) in [5, 5.41) is 10.7. The summed E-state index contributed by atoms with van der Waals surface area (Å²) in [5.41, 5.74) is 3.63. The molecule has 0 unspecified atom stereocenters. The third kappa shape index (κ3) is 3.28. The van der Waals surface area contributed by atoms with Crippen molar-refractivity contribution in [2.45, 2.75) is 26.0 Å². The number of rotatable bonds is 4. The SMILES string of the molecule is CO[C@H]1CNC[C@@H]1NC(=O)c1ccc(-n2nc(C)cc2C)cc1. The number of nitrogens with one attached hydrogen (secondary N) is 2. The molecule has 1 aliphatic heterocycles. The van der Waals surface area contributed by atoms with Crippen LogP contribution >= 0.6 is 0 Å². The maximum Gasteiger partial charge on any atom is 0.251 e. The standard InChI is InChI=1S/C17H22N4O2/c1-11-8-12(2)21(20-11)14-6-4-13(5-7-14)17(22)19-15-9-18-10-16(15)23-3/h4-8,15-16,18H,9-10H2,1-3H3,(H,19,22)/t15-,16-/m0/s1. The predicted octanol–water partition coefficient (Wildman–Crippen LogP) is 1.21. The maximum atomic E-state index is 12.4. The van der Waals surface area contributed by atoms with Crippen LogP contribution in [-0.2, 0) is 4.74 Å². The zero-order chi connectivity index (χ0) is 16.4. The number of methoxy groups -OCH3 is 1. The van der Waals surface area contributed by atoms with E-state index in [2.05, 4.69) is 15.7 Å². The van der Waals surface area contributed by atoms with E-state index in [4.69, 9.17) is 4.74 Å². The second-order valence-corrected chi connectivity index (χ2v) is 5.90. The molecule has 23 heavy (non-hydrogen) atoms. The van der Waals surface area contributed by atoms with Gasteiger partial charge in [-0.05, 0) is 44.2 Å². The van der Waals surface area contributed by atoms with Crippen molar-refractivity contribution >= 4 is 5.91 Å². The number of carbonyl (C=O) groups excluding carboxylic acids is 1. The second-order valence-electron chi connectivity index (χ2n) is 5.90. The van der Waals surface area contributed by atoms with Gasteiger partial charge in [0, 0.05) is 31.5 Å². The summed E-state index contributed by atoms with van der Waals surface area (Å²) in [4.78, 5) is 12.4. The van der Waals surface area contributed by atoms with Gasteiger partial charge in [0.1, 0.15) is 0 Å². The minimum Gasteiger partial charge on any atom is -0.378 e. The highest BCUT2D eigenvalue weighted by atomic mass is 16.5. The van der Waals surface area contributed by atoms with E-state index in [1.165, 1.54) is 0 Å². The van der Waals surface area contributed by atoms with Gasteiger partial charge in [-0.2, -0.15) is 5.10 Å². The second kappa shape index (κ2) is 6.52. The van der Waals surface area contributed by atoms with Crippen LogP contribution in [0.15, 0.2) is 30.3 Å². The summed E-state index contributed by atoms with van der Waals surface area (Å²) in [6.45, 7) is 5.47. The first-order valence-corrected chi connectivity index (χ1v) is 7.76. The van der Waals surface area contributed by atoms with Gasteiger partial charge in [0.15, 0.2) is 0 Å². The molecule has 0 saturated carbocycles. The molecule has 0 spiro atoms. The van der Waals surface area contributed by atoms with Crippen molar-refractivity contribution in [1.82, 2.24) is 20.4 Å². The first-order valence-electron chi connectivity index (χ1n) is 7.76. The van der Waals surface area contributed by atoms with Crippen LogP contribution in [0.5, 0.6) is 0 Å². The minimum absolute atomic E-state index is 0.00295. The van der Waals surface area contributed by atoms with E-state index in [0.717, 1.165) is 30.2 Å². The molecule has 0 aliphatic carbocycles. The monoisotopic (exact) mass is 314 g/mol. The van der Waals surface area contributed by atoms with Crippen LogP contribution in [0.2, 0.25) is 0 Å². The molecule has 2 atom stereocenters. The Labute approximate surface area is 135 Å². The van der Waals surface area contributed by atoms with Gasteiger partial charge in [0.25, 0.3) is 5.91 Å². The summed E-state index contributed by atoms with van der Waals surface area (Å²) >= 11 is 0. The first-order chi connectivity index (χ1) is 11.1. The Bertz CT molecular complexity index is 693. The fraction of sp³-hybridized carbons (Fsp3) is 0.412. The molecule has 2 aromatic rings. The molecule has 6 nitrogen and oxygen atoms in total. The van der Waals surface area contributed by atoms with Gasteiger partial charge in [-0.3, -0.25) is 4.79 Å². The van der Waals surface area contributed by atoms with Gasteiger partial charge < -0.3 is 15.4 Å². The molecular weight excluding hydrogens is 292 g/mol. The number of hydrogen-bond acceptors (Lipinski definition) is 4. The Morgan fingerprint density at radius 3 is 2.65 bits per heavy atom. The molecule has 1 aliphatic rings. The van der Waals surface area contributed by atoms with Crippen molar-refractivity contribution in [3.8, 4) is 5.69 Å². The summed E-state index contributed by atoms with van der Waals surface area (Å²) in [7, 11) is 1.67. The molecule has 0 bridgehead atoms. The smallest absolute Gasteiger partial charge is 0.251 e. The van der Waals surface area contributed by atoms with Crippen LogP contribution in [0.4, 0.5) is 0 Å². The molecule has 122 valence electrons. The minimum atomic E-state index is -0.0827. The molecule has 3 rings (SSSR count). The average molecular weight is 314 g/mol. The van der Waals surface area contributed by atoms with Crippen molar-refractivity contribution in [3.05, 3.63) is 47.3 Å². The number of hydrogen-bond donors (Lipinski definition) is 2. The third-order valence-electron chi connectivity index (χ3n) is 4.16. The van der Waals surface area contributed by atoms with E-state index < -0.39 is 0 Å². The van der Waals surface area contributed by atoms with Crippen LogP contribution in [0, 0.1) is 13.8 Å². The Balaban J connectivity index is 1.72. The number of ether oxygens (including phenoxy) is 1. The molecular formula is C17H22N4O2. The van der Waals surface area contributed by atoms with Crippen LogP contribution in [-0.4, -0.2) is 48.0 Å². The largest absolute Gasteiger partial charge is 0.378 e. The Morgan fingerprint density at radius 2 is 2.04 bits per heavy atom. The number of aryl methyl sites for hydroxylation is 2. The third-order valence-corrected chi connectivity index (χ3v) is 4.16. The Kier molecular flexibility index (Phi) is 4.45. The van der Waals surface area contributed by atoms with E-state index in [1.807, 2.05) is 48.9 Å². The van der Waals surface area contributed by atoms with Crippen molar-refractivity contribution < 1.29 is 9.53 Å². The molecule has 2 N–H and O–H groups in total. The molecule has 1 aromatic heterocycles. The van der Waals surface area contributed by atoms with Crippen LogP contribution in [0.25, 0.3) is 5.69 Å². The topological polar surface area (TPSA) is 68.2 Å². The molecule has 1 saturated heterocycles. The van der Waals surface area contributed by atoms with Crippen molar-refractivity contribution in [2.24, 2.45) is 0 Å². The quantitative estimate of drug-likeness (QED) is 0.890. The van der Waals surface area contributed by atoms with Gasteiger partial charge >= 0.3 is 0 Å². The van der Waals surface area contributed by atoms with E-state index in [-0.39, 0.29) is 18.1 Å². The number of aromatic nitrogens is 2. The highest BCUT2D eigenvalue weighted by molar-refractivity contribution is 5.94. The number of carbonyl (C=O) groups is 1. The van der Waals surface area contributed by atoms with Gasteiger partial charge in [-0.1, -0.05) is 0 Å². The highest BCUT2D eigenvalue weighted by Crippen LogP contribution is 2.13. The highest BCUT2D eigenvalue weighted by Gasteiger charge is 2.28. The summed E-state index contributed by atoms with van der Waals surface area (Å²) < 4.78 is 7.24. The molecule has 1 aromatic carbocycles. The fourth-order valence-electron chi connectivity index (χ4n) is 2.94. The molecule has 0 radical (unpaired) electrons. The zero-order valence-electron chi connectivity index (χ0n) is 13.7. The number of benzene rings is 1. The molecule has 1 amide bonds. The summed E-state index contributed by atoms with van der Waals surface area (Å²) in [6.07, 6.45) is 0.0212. The lowest BCUT2D eigenvalue weighted by Gasteiger charge is -2.18. The lowest BCUT2D eigenvalue weighted by Crippen LogP contribution is -2.43. The van der Waals surface area contributed by atoms with Crippen LogP contribution in [0.1, 0.15) is 21.7 Å². The Morgan fingerprint density at radius 1 is 1.30 bits per heavy atom. The van der Waals surface area contributed by atoms with E-state index in [1.54, 1.807) is 7.11 Å². The van der Waals surface area contributed by atoms with Crippen molar-refractivity contribution in [1.29, 1.82) is 0 Å². The maximum absolute atomic E-state index is 12.4. The average Bonchev–Trinajstić information content (AvgIpc) is 3.13. The van der Waals surface area contributed by atoms with E-state index in [9.17, 15) is 4.79 Å². The van der Waals surface area contributed by atoms with Crippen LogP contribution < -0.4 is 10.6 Å². The lowest BCUT2D eigenvalue weighted by molar-refractivity contribution is 0.0780. The van der Waals surface area contributed by atoms with Gasteiger partial charge in [-0.25, -0.2) is 4.68 Å². The van der Waals surface area contributed by atoms with Gasteiger partial charge in [-0.15, -0.1) is 0 Å². The molecule has 2 heterocycles. The van der Waals surface area contributed by atoms with Crippen molar-refractivity contribution in [3.63, 3.8) is 0 Å². The van der Waals surface area contributed by atoms with Gasteiger partial charge in [0.05, 0.1) is 23.5 Å². The number of amides is 1. The number of nitrogens with zero attached hydrogens (tertiary/aromatic N) is 2. The van der Waals surface area contributed by atoms with Gasteiger partial charge in [0.2, 0.25) is 0 Å². The lowest BCUT2D eigenvalue weighted by atomic mass is 10.1. The van der Waals surface area contributed by atoms with Crippen LogP contribution in [0.3, 0.4) is 0 Å². The summed E-state index contributed by atoms with van der Waals surface area (Å²) in [6, 6.07) is 9.50. The molecule has 6 heteroatoms. The van der Waals surface area contributed by atoms with Crippen molar-refractivity contribution in [2.75, 3.05) is 20.2 Å². The Hall–Kier alpha value is -2.18. The fourth-order valence-corrected chi connectivity index (χ4v) is 2.94. The first kappa shape index (κ1) is 15.7. The predicted molar refractivity (Wildman–Crippen MR) is 88.0 cm³/mol. The summed E-state index contributed by atoms with van der Waals surface area (Å²) in [5.74, 6) is -0.0827. The van der Waals surface area contributed by atoms with E-state index in [0.29, 0.717) is 5.56 Å². The molecule has 1 fully saturated rings. The zero-order valence-corrected chi connectivity index (χ0v) is 13.7. The normalized spacial score (nSPS) is 20.7.